The number of hydrogen-bond acceptors (Lipinski definition) is 1. The second-order valence-corrected chi connectivity index (χ2v) is 8.57. The van der Waals surface area contributed by atoms with Crippen LogP contribution in [0.4, 0.5) is 0 Å². The van der Waals surface area contributed by atoms with Gasteiger partial charge in [-0.2, -0.15) is 0 Å². The van der Waals surface area contributed by atoms with Gasteiger partial charge in [-0.1, -0.05) is 54.7 Å². The van der Waals surface area contributed by atoms with Crippen LogP contribution in [0.5, 0.6) is 0 Å². The van der Waals surface area contributed by atoms with E-state index in [4.69, 9.17) is 0 Å². The second kappa shape index (κ2) is 8.80. The first-order valence-electron chi connectivity index (χ1n) is 8.23. The lowest BCUT2D eigenvalue weighted by atomic mass is 10.4. The molecule has 0 saturated heterocycles. The van der Waals surface area contributed by atoms with Gasteiger partial charge in [0.2, 0.25) is 0 Å². The molecule has 0 fully saturated rings. The average Bonchev–Trinajstić information content (AvgIpc) is 2.68. The van der Waals surface area contributed by atoms with Crippen LogP contribution in [0.15, 0.2) is 128 Å². The standard InChI is InChI=1S/C23H21S2/c1-3-21(4-2)25(22-13-9-6-10-14-22)23-17-15-20(16-18-23)24-19-11-7-5-8-12-19/h3-18H,1H2,2H3/q+1/b21-4+. The van der Waals surface area contributed by atoms with E-state index in [9.17, 15) is 0 Å². The smallest absolute Gasteiger partial charge is 0.0941 e. The van der Waals surface area contributed by atoms with E-state index in [-0.39, 0.29) is 10.9 Å². The van der Waals surface area contributed by atoms with Crippen LogP contribution in [-0.4, -0.2) is 0 Å². The van der Waals surface area contributed by atoms with Gasteiger partial charge in [0.1, 0.15) is 0 Å². The van der Waals surface area contributed by atoms with Gasteiger partial charge in [0.05, 0.1) is 10.9 Å². The molecule has 0 heterocycles. The largest absolute Gasteiger partial charge is 0.166 e. The minimum atomic E-state index is -0.110. The van der Waals surface area contributed by atoms with Crippen molar-refractivity contribution < 1.29 is 0 Å². The van der Waals surface area contributed by atoms with Crippen LogP contribution >= 0.6 is 11.8 Å². The lowest BCUT2D eigenvalue weighted by molar-refractivity contribution is 1.31. The minimum absolute atomic E-state index is 0.110. The Hall–Kier alpha value is -2.16. The molecule has 0 aliphatic heterocycles. The van der Waals surface area contributed by atoms with Gasteiger partial charge in [-0.25, -0.2) is 0 Å². The monoisotopic (exact) mass is 361 g/mol. The van der Waals surface area contributed by atoms with Gasteiger partial charge in [0, 0.05) is 9.79 Å². The first kappa shape index (κ1) is 17.7. The normalized spacial score (nSPS) is 12.6. The maximum Gasteiger partial charge on any atom is 0.166 e. The molecule has 0 saturated carbocycles. The molecular weight excluding hydrogens is 340 g/mol. The zero-order chi connectivity index (χ0) is 17.5. The van der Waals surface area contributed by atoms with Crippen molar-refractivity contribution in [2.24, 2.45) is 0 Å². The van der Waals surface area contributed by atoms with Crippen LogP contribution in [-0.2, 0) is 10.9 Å². The fourth-order valence-corrected chi connectivity index (χ4v) is 5.45. The average molecular weight is 362 g/mol. The molecule has 0 N–H and O–H groups in total. The van der Waals surface area contributed by atoms with Crippen molar-refractivity contribution in [3.63, 3.8) is 0 Å². The predicted molar refractivity (Wildman–Crippen MR) is 111 cm³/mol. The van der Waals surface area contributed by atoms with E-state index < -0.39 is 0 Å². The number of allylic oxidation sites excluding steroid dienone is 2. The fraction of sp³-hybridized carbons (Fsp3) is 0.0435. The van der Waals surface area contributed by atoms with E-state index in [0.717, 1.165) is 0 Å². The molecule has 0 aliphatic rings. The Morgan fingerprint density at radius 2 is 1.28 bits per heavy atom. The van der Waals surface area contributed by atoms with Crippen LogP contribution < -0.4 is 0 Å². The highest BCUT2D eigenvalue weighted by Crippen LogP contribution is 2.33. The van der Waals surface area contributed by atoms with Crippen molar-refractivity contribution in [3.8, 4) is 0 Å². The number of benzene rings is 3. The minimum Gasteiger partial charge on any atom is -0.0941 e. The van der Waals surface area contributed by atoms with Crippen molar-refractivity contribution in [1.29, 1.82) is 0 Å². The summed E-state index contributed by atoms with van der Waals surface area (Å²) in [5, 5.41) is 0. The molecule has 1 atom stereocenters. The summed E-state index contributed by atoms with van der Waals surface area (Å²) in [7, 11) is -0.110. The number of rotatable bonds is 6. The van der Waals surface area contributed by atoms with Gasteiger partial charge in [0.25, 0.3) is 0 Å². The van der Waals surface area contributed by atoms with Crippen molar-refractivity contribution in [2.75, 3.05) is 0 Å². The van der Waals surface area contributed by atoms with Crippen LogP contribution in [0, 0.1) is 0 Å². The Morgan fingerprint density at radius 1 is 0.760 bits per heavy atom. The van der Waals surface area contributed by atoms with Crippen molar-refractivity contribution >= 4 is 22.7 Å². The van der Waals surface area contributed by atoms with E-state index in [1.807, 2.05) is 12.1 Å². The molecule has 0 aliphatic carbocycles. The lowest BCUT2D eigenvalue weighted by Crippen LogP contribution is -2.05. The van der Waals surface area contributed by atoms with Crippen molar-refractivity contribution in [3.05, 3.63) is 109 Å². The molecule has 0 amide bonds. The van der Waals surface area contributed by atoms with E-state index in [0.29, 0.717) is 0 Å². The summed E-state index contributed by atoms with van der Waals surface area (Å²) in [4.78, 5) is 6.41. The second-order valence-electron chi connectivity index (χ2n) is 5.40. The summed E-state index contributed by atoms with van der Waals surface area (Å²) in [5.41, 5.74) is 0. The molecule has 124 valence electrons. The van der Waals surface area contributed by atoms with Crippen molar-refractivity contribution in [1.82, 2.24) is 0 Å². The van der Waals surface area contributed by atoms with Crippen LogP contribution in [0.3, 0.4) is 0 Å². The predicted octanol–water partition coefficient (Wildman–Crippen LogP) is 6.96. The third-order valence-electron chi connectivity index (χ3n) is 3.74. The molecular formula is C23H21S2+. The van der Waals surface area contributed by atoms with E-state index >= 15 is 0 Å². The third kappa shape index (κ3) is 4.47. The summed E-state index contributed by atoms with van der Waals surface area (Å²) in [5.74, 6) is 0. The Bertz CT molecular complexity index is 834. The van der Waals surface area contributed by atoms with E-state index in [2.05, 4.69) is 98.4 Å². The zero-order valence-corrected chi connectivity index (χ0v) is 15.9. The Kier molecular flexibility index (Phi) is 6.21. The molecule has 3 aromatic rings. The molecule has 3 aromatic carbocycles. The molecule has 0 aromatic heterocycles. The molecule has 0 radical (unpaired) electrons. The van der Waals surface area contributed by atoms with E-state index in [1.54, 1.807) is 11.8 Å². The molecule has 0 spiro atoms. The molecule has 2 heteroatoms. The summed E-state index contributed by atoms with van der Waals surface area (Å²) < 4.78 is 0. The highest BCUT2D eigenvalue weighted by molar-refractivity contribution is 8.01. The fourth-order valence-electron chi connectivity index (χ4n) is 2.55. The van der Waals surface area contributed by atoms with Crippen LogP contribution in [0.25, 0.3) is 0 Å². The topological polar surface area (TPSA) is 0 Å². The first-order valence-corrected chi connectivity index (χ1v) is 10.3. The maximum atomic E-state index is 4.01. The number of hydrogen-bond donors (Lipinski definition) is 0. The van der Waals surface area contributed by atoms with Gasteiger partial charge in [0.15, 0.2) is 14.7 Å². The van der Waals surface area contributed by atoms with Gasteiger partial charge in [-0.3, -0.25) is 0 Å². The first-order chi connectivity index (χ1) is 12.3. The van der Waals surface area contributed by atoms with Gasteiger partial charge < -0.3 is 0 Å². The molecule has 0 nitrogen and oxygen atoms in total. The van der Waals surface area contributed by atoms with E-state index in [1.165, 1.54) is 24.5 Å². The van der Waals surface area contributed by atoms with Crippen LogP contribution in [0.2, 0.25) is 0 Å². The molecule has 0 bridgehead atoms. The quantitative estimate of drug-likeness (QED) is 0.338. The molecule has 1 unspecified atom stereocenters. The molecule has 3 rings (SSSR count). The lowest BCUT2D eigenvalue weighted by Gasteiger charge is -2.09. The Labute approximate surface area is 157 Å². The van der Waals surface area contributed by atoms with Gasteiger partial charge >= 0.3 is 0 Å². The van der Waals surface area contributed by atoms with Crippen LogP contribution in [0.1, 0.15) is 6.92 Å². The van der Waals surface area contributed by atoms with Gasteiger partial charge in [-0.15, -0.1) is 0 Å². The summed E-state index contributed by atoms with van der Waals surface area (Å²) in [6, 6.07) is 30.1. The SMILES string of the molecule is C=C/C(=C\C)[S+](c1ccccc1)c1ccc(Sc2ccccc2)cc1. The highest BCUT2D eigenvalue weighted by Gasteiger charge is 2.28. The Morgan fingerprint density at radius 3 is 1.84 bits per heavy atom. The molecule has 25 heavy (non-hydrogen) atoms. The summed E-state index contributed by atoms with van der Waals surface area (Å²) in [6.45, 7) is 6.09. The van der Waals surface area contributed by atoms with Crippen molar-refractivity contribution in [2.45, 2.75) is 26.5 Å². The highest BCUT2D eigenvalue weighted by atomic mass is 32.2. The zero-order valence-electron chi connectivity index (χ0n) is 14.3. The van der Waals surface area contributed by atoms with Gasteiger partial charge in [-0.05, 0) is 67.6 Å². The summed E-state index contributed by atoms with van der Waals surface area (Å²) >= 11 is 1.79. The third-order valence-corrected chi connectivity index (χ3v) is 7.12. The Balaban J connectivity index is 1.90. The summed E-state index contributed by atoms with van der Waals surface area (Å²) in [6.07, 6.45) is 4.14. The maximum absolute atomic E-state index is 4.01.